The first kappa shape index (κ1) is 10.5. The number of carbonyl (C=O) groups excluding carboxylic acids is 1. The number of carbonyl (C=O) groups is 1. The summed E-state index contributed by atoms with van der Waals surface area (Å²) in [5, 5.41) is 0. The van der Waals surface area contributed by atoms with Gasteiger partial charge in [-0.25, -0.2) is 0 Å². The van der Waals surface area contributed by atoms with Crippen molar-refractivity contribution in [2.24, 2.45) is 0 Å². The van der Waals surface area contributed by atoms with Crippen molar-refractivity contribution in [3.8, 4) is 0 Å². The van der Waals surface area contributed by atoms with Gasteiger partial charge in [0.25, 0.3) is 0 Å². The molecule has 1 nitrogen and oxygen atoms in total. The third-order valence-electron chi connectivity index (χ3n) is 2.71. The second-order valence-corrected chi connectivity index (χ2v) is 5.98. The Bertz CT molecular complexity index is 599. The monoisotopic (exact) mass is 286 g/mol. The predicted octanol–water partition coefficient (Wildman–Crippen LogP) is 3.04. The van der Waals surface area contributed by atoms with Crippen LogP contribution in [0.3, 0.4) is 0 Å². The molecule has 0 bridgehead atoms. The maximum absolute atomic E-state index is 11.9. The summed E-state index contributed by atoms with van der Waals surface area (Å²) in [4.78, 5) is 11.9. The summed E-state index contributed by atoms with van der Waals surface area (Å²) in [6, 6.07) is 18.0. The van der Waals surface area contributed by atoms with Crippen LogP contribution in [0, 0.1) is 0 Å². The van der Waals surface area contributed by atoms with E-state index >= 15 is 0 Å². The SMILES string of the molecule is O=C1[Se]/C(=C/c2ccccc2)c2ccccc21. The van der Waals surface area contributed by atoms with E-state index in [2.05, 4.69) is 18.2 Å². The molecular formula is C15H10OSe. The van der Waals surface area contributed by atoms with Crippen molar-refractivity contribution in [1.82, 2.24) is 0 Å². The predicted molar refractivity (Wildman–Crippen MR) is 70.8 cm³/mol. The second kappa shape index (κ2) is 4.32. The molecule has 0 aromatic heterocycles. The first-order chi connectivity index (χ1) is 8.34. The molecule has 82 valence electrons. The van der Waals surface area contributed by atoms with Crippen LogP contribution in [0.15, 0.2) is 54.6 Å². The molecule has 2 aromatic carbocycles. The Labute approximate surface area is 106 Å². The second-order valence-electron chi connectivity index (χ2n) is 3.85. The molecule has 0 N–H and O–H groups in total. The molecule has 3 rings (SSSR count). The van der Waals surface area contributed by atoms with Crippen molar-refractivity contribution in [1.29, 1.82) is 0 Å². The van der Waals surface area contributed by atoms with Crippen molar-refractivity contribution in [3.63, 3.8) is 0 Å². The first-order valence-corrected chi connectivity index (χ1v) is 7.14. The fraction of sp³-hybridized carbons (Fsp3) is 0. The number of hydrogen-bond acceptors (Lipinski definition) is 1. The average Bonchev–Trinajstić information content (AvgIpc) is 2.69. The molecule has 17 heavy (non-hydrogen) atoms. The Morgan fingerprint density at radius 2 is 1.47 bits per heavy atom. The normalized spacial score (nSPS) is 16.2. The van der Waals surface area contributed by atoms with Crippen molar-refractivity contribution in [2.75, 3.05) is 0 Å². The van der Waals surface area contributed by atoms with Crippen LogP contribution >= 0.6 is 0 Å². The average molecular weight is 285 g/mol. The number of rotatable bonds is 1. The van der Waals surface area contributed by atoms with Crippen LogP contribution in [0.25, 0.3) is 10.5 Å². The first-order valence-electron chi connectivity index (χ1n) is 5.43. The molecule has 1 heterocycles. The van der Waals surface area contributed by atoms with Crippen molar-refractivity contribution in [2.45, 2.75) is 0 Å². The van der Waals surface area contributed by atoms with Gasteiger partial charge in [0, 0.05) is 0 Å². The summed E-state index contributed by atoms with van der Waals surface area (Å²) in [6.45, 7) is 0. The standard InChI is InChI=1S/C15H10OSe/c16-15-13-9-5-4-8-12(13)14(17-15)10-11-6-2-1-3-7-11/h1-10H/b14-10+. The van der Waals surface area contributed by atoms with E-state index in [1.807, 2.05) is 42.5 Å². The zero-order chi connectivity index (χ0) is 11.7. The summed E-state index contributed by atoms with van der Waals surface area (Å²) in [7, 11) is 0. The zero-order valence-corrected chi connectivity index (χ0v) is 10.8. The van der Waals surface area contributed by atoms with Crippen LogP contribution in [0.2, 0.25) is 0 Å². The fourth-order valence-corrected chi connectivity index (χ4v) is 3.93. The van der Waals surface area contributed by atoms with Crippen molar-refractivity contribution >= 4 is 30.2 Å². The summed E-state index contributed by atoms with van der Waals surface area (Å²) < 4.78 is 1.47. The van der Waals surface area contributed by atoms with Gasteiger partial charge in [0.05, 0.1) is 0 Å². The quantitative estimate of drug-likeness (QED) is 0.736. The van der Waals surface area contributed by atoms with E-state index in [9.17, 15) is 4.79 Å². The van der Waals surface area contributed by atoms with E-state index in [0.29, 0.717) is 0 Å². The van der Waals surface area contributed by atoms with Gasteiger partial charge < -0.3 is 0 Å². The minimum atomic E-state index is -0.0699. The fourth-order valence-electron chi connectivity index (χ4n) is 1.89. The number of fused-ring (bicyclic) bond motifs is 1. The Morgan fingerprint density at radius 1 is 0.824 bits per heavy atom. The molecule has 1 aliphatic rings. The molecular weight excluding hydrogens is 275 g/mol. The van der Waals surface area contributed by atoms with Gasteiger partial charge in [-0.3, -0.25) is 0 Å². The van der Waals surface area contributed by atoms with E-state index in [1.165, 1.54) is 4.47 Å². The molecule has 0 saturated heterocycles. The summed E-state index contributed by atoms with van der Waals surface area (Å²) in [6.07, 6.45) is 2.13. The summed E-state index contributed by atoms with van der Waals surface area (Å²) in [5.74, 6) is 0. The van der Waals surface area contributed by atoms with Gasteiger partial charge in [-0.15, -0.1) is 0 Å². The van der Waals surface area contributed by atoms with Crippen molar-refractivity contribution in [3.05, 3.63) is 71.3 Å². The van der Waals surface area contributed by atoms with Crippen molar-refractivity contribution < 1.29 is 4.79 Å². The Balaban J connectivity index is 2.08. The van der Waals surface area contributed by atoms with E-state index in [4.69, 9.17) is 0 Å². The van der Waals surface area contributed by atoms with Gasteiger partial charge in [-0.1, -0.05) is 0 Å². The number of hydrogen-bond donors (Lipinski definition) is 0. The molecule has 0 saturated carbocycles. The van der Waals surface area contributed by atoms with Gasteiger partial charge in [-0.2, -0.15) is 0 Å². The molecule has 2 heteroatoms. The third-order valence-corrected chi connectivity index (χ3v) is 4.73. The Kier molecular flexibility index (Phi) is 2.68. The van der Waals surface area contributed by atoms with E-state index in [0.717, 1.165) is 16.7 Å². The van der Waals surface area contributed by atoms with E-state index in [-0.39, 0.29) is 19.6 Å². The third kappa shape index (κ3) is 1.97. The van der Waals surface area contributed by atoms with Crippen LogP contribution < -0.4 is 0 Å². The Morgan fingerprint density at radius 3 is 2.24 bits per heavy atom. The summed E-state index contributed by atoms with van der Waals surface area (Å²) >= 11 is -0.0699. The molecule has 0 radical (unpaired) electrons. The van der Waals surface area contributed by atoms with Gasteiger partial charge in [0.15, 0.2) is 0 Å². The van der Waals surface area contributed by atoms with Crippen LogP contribution in [-0.2, 0) is 0 Å². The molecule has 0 amide bonds. The summed E-state index contributed by atoms with van der Waals surface area (Å²) in [5.41, 5.74) is 3.16. The Hall–Kier alpha value is -1.63. The molecule has 1 aliphatic heterocycles. The van der Waals surface area contributed by atoms with E-state index in [1.54, 1.807) is 0 Å². The molecule has 0 unspecified atom stereocenters. The maximum atomic E-state index is 11.9. The van der Waals surface area contributed by atoms with E-state index < -0.39 is 0 Å². The van der Waals surface area contributed by atoms with Crippen LogP contribution in [0.1, 0.15) is 21.5 Å². The van der Waals surface area contributed by atoms with Gasteiger partial charge in [0.2, 0.25) is 0 Å². The van der Waals surface area contributed by atoms with Crippen LogP contribution in [0.4, 0.5) is 0 Å². The van der Waals surface area contributed by atoms with Gasteiger partial charge >= 0.3 is 106 Å². The van der Waals surface area contributed by atoms with Gasteiger partial charge in [0.1, 0.15) is 0 Å². The minimum absolute atomic E-state index is 0.0699. The molecule has 0 atom stereocenters. The van der Waals surface area contributed by atoms with Crippen LogP contribution in [-0.4, -0.2) is 19.6 Å². The molecule has 0 spiro atoms. The van der Waals surface area contributed by atoms with Crippen LogP contribution in [0.5, 0.6) is 0 Å². The molecule has 0 aliphatic carbocycles. The molecule has 0 fully saturated rings. The topological polar surface area (TPSA) is 17.1 Å². The molecule has 2 aromatic rings. The number of benzene rings is 2. The zero-order valence-electron chi connectivity index (χ0n) is 9.09. The van der Waals surface area contributed by atoms with Gasteiger partial charge in [-0.05, 0) is 0 Å².